The molecule has 24 heavy (non-hydrogen) atoms. The predicted molar refractivity (Wildman–Crippen MR) is 103 cm³/mol. The highest BCUT2D eigenvalue weighted by molar-refractivity contribution is 9.10. The van der Waals surface area contributed by atoms with Crippen LogP contribution in [0.25, 0.3) is 6.08 Å². The molecule has 7 heteroatoms. The van der Waals surface area contributed by atoms with Crippen molar-refractivity contribution in [2.45, 2.75) is 6.92 Å². The van der Waals surface area contributed by atoms with E-state index < -0.39 is 0 Å². The van der Waals surface area contributed by atoms with Crippen LogP contribution in [0, 0.1) is 6.92 Å². The van der Waals surface area contributed by atoms with Crippen molar-refractivity contribution in [1.82, 2.24) is 5.32 Å². The second-order valence-corrected chi connectivity index (χ2v) is 7.37. The summed E-state index contributed by atoms with van der Waals surface area (Å²) >= 11 is 10.6. The molecule has 122 valence electrons. The normalized spacial score (nSPS) is 17.5. The lowest BCUT2D eigenvalue weighted by Gasteiger charge is -2.02. The number of carbonyl (C=O) groups excluding carboxylic acids is 1. The van der Waals surface area contributed by atoms with Crippen molar-refractivity contribution in [2.75, 3.05) is 0 Å². The maximum atomic E-state index is 12.1. The molecule has 0 aliphatic carbocycles. The molecule has 1 heterocycles. The maximum Gasteiger partial charge on any atom is 0.264 e. The zero-order valence-electron chi connectivity index (χ0n) is 12.5. The molecule has 0 atom stereocenters. The van der Waals surface area contributed by atoms with Gasteiger partial charge in [-0.1, -0.05) is 23.7 Å². The standard InChI is InChI=1S/C17H12BrClN2O2S/c1-9-12(19)3-2-4-13(9)20-17-21-16(23)15(24-17)8-10-5-6-14(22)11(18)7-10/h2-8,22H,1H3,(H,20,21,23). The van der Waals surface area contributed by atoms with Crippen LogP contribution in [0.3, 0.4) is 0 Å². The Bertz CT molecular complexity index is 896. The Labute approximate surface area is 156 Å². The number of rotatable bonds is 2. The summed E-state index contributed by atoms with van der Waals surface area (Å²) in [7, 11) is 0. The van der Waals surface area contributed by atoms with Crippen LogP contribution in [-0.4, -0.2) is 16.2 Å². The summed E-state index contributed by atoms with van der Waals surface area (Å²) in [6.07, 6.45) is 1.75. The van der Waals surface area contributed by atoms with Crippen LogP contribution in [0.5, 0.6) is 5.75 Å². The summed E-state index contributed by atoms with van der Waals surface area (Å²) in [5.74, 6) is -0.0537. The van der Waals surface area contributed by atoms with E-state index in [1.165, 1.54) is 11.8 Å². The lowest BCUT2D eigenvalue weighted by atomic mass is 10.2. The van der Waals surface area contributed by atoms with Gasteiger partial charge in [0.1, 0.15) is 5.75 Å². The van der Waals surface area contributed by atoms with Crippen LogP contribution in [0.15, 0.2) is 50.8 Å². The molecule has 0 radical (unpaired) electrons. The first-order chi connectivity index (χ1) is 11.4. The van der Waals surface area contributed by atoms with Gasteiger partial charge in [-0.2, -0.15) is 0 Å². The number of amidine groups is 1. The van der Waals surface area contributed by atoms with Gasteiger partial charge in [-0.05, 0) is 76.1 Å². The molecule has 2 aromatic carbocycles. The number of amides is 1. The SMILES string of the molecule is Cc1c(Cl)cccc1N=C1NC(=O)C(=Cc2ccc(O)c(Br)c2)S1. The lowest BCUT2D eigenvalue weighted by Crippen LogP contribution is -2.19. The van der Waals surface area contributed by atoms with E-state index in [4.69, 9.17) is 11.6 Å². The van der Waals surface area contributed by atoms with Crippen molar-refractivity contribution in [3.63, 3.8) is 0 Å². The van der Waals surface area contributed by atoms with Crippen LogP contribution < -0.4 is 5.32 Å². The Balaban J connectivity index is 1.88. The van der Waals surface area contributed by atoms with Crippen molar-refractivity contribution in [1.29, 1.82) is 0 Å². The monoisotopic (exact) mass is 422 g/mol. The second-order valence-electron chi connectivity index (χ2n) is 5.08. The van der Waals surface area contributed by atoms with Crippen molar-refractivity contribution in [3.8, 4) is 5.75 Å². The highest BCUT2D eigenvalue weighted by atomic mass is 79.9. The molecule has 2 aromatic rings. The summed E-state index contributed by atoms with van der Waals surface area (Å²) < 4.78 is 0.573. The molecule has 1 amide bonds. The molecule has 0 bridgehead atoms. The molecule has 0 saturated carbocycles. The number of nitrogens with one attached hydrogen (secondary N) is 1. The zero-order chi connectivity index (χ0) is 17.3. The highest BCUT2D eigenvalue weighted by Gasteiger charge is 2.24. The van der Waals surface area contributed by atoms with E-state index in [1.54, 1.807) is 30.3 Å². The molecule has 1 fully saturated rings. The van der Waals surface area contributed by atoms with Crippen LogP contribution in [-0.2, 0) is 4.79 Å². The van der Waals surface area contributed by atoms with Gasteiger partial charge in [-0.15, -0.1) is 0 Å². The number of thioether (sulfide) groups is 1. The number of carbonyl (C=O) groups is 1. The van der Waals surface area contributed by atoms with Crippen LogP contribution in [0.4, 0.5) is 5.69 Å². The van der Waals surface area contributed by atoms with Gasteiger partial charge in [-0.3, -0.25) is 4.79 Å². The summed E-state index contributed by atoms with van der Waals surface area (Å²) in [5.41, 5.74) is 2.39. The largest absolute Gasteiger partial charge is 0.507 e. The Morgan fingerprint density at radius 1 is 1.33 bits per heavy atom. The van der Waals surface area contributed by atoms with Gasteiger partial charge >= 0.3 is 0 Å². The fourth-order valence-electron chi connectivity index (χ4n) is 2.07. The first kappa shape index (κ1) is 17.1. The van der Waals surface area contributed by atoms with Gasteiger partial charge in [0.15, 0.2) is 5.17 Å². The number of halogens is 2. The molecule has 2 N–H and O–H groups in total. The van der Waals surface area contributed by atoms with E-state index in [1.807, 2.05) is 19.1 Å². The minimum Gasteiger partial charge on any atom is -0.507 e. The first-order valence-corrected chi connectivity index (χ1v) is 8.96. The predicted octanol–water partition coefficient (Wildman–Crippen LogP) is 5.01. The fraction of sp³-hybridized carbons (Fsp3) is 0.0588. The summed E-state index contributed by atoms with van der Waals surface area (Å²) in [4.78, 5) is 17.1. The van der Waals surface area contributed by atoms with E-state index in [0.29, 0.717) is 19.6 Å². The minimum atomic E-state index is -0.206. The smallest absolute Gasteiger partial charge is 0.264 e. The van der Waals surface area contributed by atoms with E-state index in [0.717, 1.165) is 16.8 Å². The van der Waals surface area contributed by atoms with E-state index in [9.17, 15) is 9.90 Å². The molecule has 0 unspecified atom stereocenters. The molecular weight excluding hydrogens is 412 g/mol. The topological polar surface area (TPSA) is 61.7 Å². The van der Waals surface area contributed by atoms with Gasteiger partial charge in [0.05, 0.1) is 15.1 Å². The summed E-state index contributed by atoms with van der Waals surface area (Å²) in [5, 5.41) is 13.4. The Morgan fingerprint density at radius 3 is 2.88 bits per heavy atom. The minimum absolute atomic E-state index is 0.152. The third-order valence-electron chi connectivity index (χ3n) is 3.38. The number of phenolic OH excluding ortho intramolecular Hbond substituents is 1. The van der Waals surface area contributed by atoms with Gasteiger partial charge in [0.2, 0.25) is 0 Å². The summed E-state index contributed by atoms with van der Waals surface area (Å²) in [6, 6.07) is 10.5. The molecule has 1 saturated heterocycles. The van der Waals surface area contributed by atoms with E-state index >= 15 is 0 Å². The second kappa shape index (κ2) is 7.01. The van der Waals surface area contributed by atoms with Crippen molar-refractivity contribution < 1.29 is 9.90 Å². The number of hydrogen-bond donors (Lipinski definition) is 2. The molecule has 3 rings (SSSR count). The van der Waals surface area contributed by atoms with Gasteiger partial charge in [0.25, 0.3) is 5.91 Å². The number of nitrogens with zero attached hydrogens (tertiary/aromatic N) is 1. The maximum absolute atomic E-state index is 12.1. The third kappa shape index (κ3) is 3.66. The Kier molecular flexibility index (Phi) is 4.99. The lowest BCUT2D eigenvalue weighted by molar-refractivity contribution is -0.115. The average Bonchev–Trinajstić information content (AvgIpc) is 2.87. The van der Waals surface area contributed by atoms with Crippen molar-refractivity contribution >= 4 is 62.1 Å². The fourth-order valence-corrected chi connectivity index (χ4v) is 3.47. The first-order valence-electron chi connectivity index (χ1n) is 6.97. The molecular formula is C17H12BrClN2O2S. The highest BCUT2D eigenvalue weighted by Crippen LogP contribution is 2.32. The number of aromatic hydroxyl groups is 1. The van der Waals surface area contributed by atoms with Crippen molar-refractivity contribution in [3.05, 3.63) is 61.9 Å². The Hall–Kier alpha value is -1.76. The quantitative estimate of drug-likeness (QED) is 0.668. The van der Waals surface area contributed by atoms with E-state index in [-0.39, 0.29) is 11.7 Å². The van der Waals surface area contributed by atoms with Gasteiger partial charge < -0.3 is 10.4 Å². The number of hydrogen-bond acceptors (Lipinski definition) is 4. The average molecular weight is 424 g/mol. The zero-order valence-corrected chi connectivity index (χ0v) is 15.7. The van der Waals surface area contributed by atoms with Crippen LogP contribution in [0.2, 0.25) is 5.02 Å². The van der Waals surface area contributed by atoms with Crippen molar-refractivity contribution in [2.24, 2.45) is 4.99 Å². The van der Waals surface area contributed by atoms with Crippen LogP contribution >= 0.6 is 39.3 Å². The Morgan fingerprint density at radius 2 is 2.12 bits per heavy atom. The number of phenols is 1. The third-order valence-corrected chi connectivity index (χ3v) is 5.34. The van der Waals surface area contributed by atoms with E-state index in [2.05, 4.69) is 26.2 Å². The van der Waals surface area contributed by atoms with Crippen LogP contribution in [0.1, 0.15) is 11.1 Å². The molecule has 0 aromatic heterocycles. The molecule has 4 nitrogen and oxygen atoms in total. The molecule has 1 aliphatic rings. The summed E-state index contributed by atoms with van der Waals surface area (Å²) in [6.45, 7) is 1.88. The number of aliphatic imine (C=N–C) groups is 1. The van der Waals surface area contributed by atoms with Gasteiger partial charge in [0, 0.05) is 5.02 Å². The molecule has 1 aliphatic heterocycles. The van der Waals surface area contributed by atoms with Gasteiger partial charge in [-0.25, -0.2) is 4.99 Å². The number of benzene rings is 2. The molecule has 0 spiro atoms.